The first-order valence-electron chi connectivity index (χ1n) is 8.61. The maximum absolute atomic E-state index is 13.0. The fraction of sp³-hybridized carbons (Fsp3) is 0.0909. The smallest absolute Gasteiger partial charge is 0.343 e. The van der Waals surface area contributed by atoms with E-state index in [2.05, 4.69) is 0 Å². The molecule has 0 N–H and O–H groups in total. The second-order valence-electron chi connectivity index (χ2n) is 6.75. The number of rotatable bonds is 2. The summed E-state index contributed by atoms with van der Waals surface area (Å²) in [6, 6.07) is 15.4. The lowest BCUT2D eigenvalue weighted by Crippen LogP contribution is -2.21. The molecule has 0 saturated heterocycles. The number of sulfone groups is 1. The second-order valence-corrected chi connectivity index (χ2v) is 8.64. The highest BCUT2D eigenvalue weighted by atomic mass is 32.2. The zero-order valence-corrected chi connectivity index (χ0v) is 16.0. The van der Waals surface area contributed by atoms with Crippen molar-refractivity contribution in [2.75, 3.05) is 0 Å². The zero-order chi connectivity index (χ0) is 20.1. The molecule has 3 aromatic carbocycles. The van der Waals surface area contributed by atoms with Gasteiger partial charge in [0.05, 0.1) is 15.4 Å². The van der Waals surface area contributed by atoms with E-state index in [-0.39, 0.29) is 32.3 Å². The Morgan fingerprint density at radius 2 is 1.46 bits per heavy atom. The topological polar surface area (TPSA) is 77.5 Å². The first kappa shape index (κ1) is 18.1. The Morgan fingerprint density at radius 3 is 2.18 bits per heavy atom. The number of hydrogen-bond donors (Lipinski definition) is 0. The van der Waals surface area contributed by atoms with Gasteiger partial charge in [-0.3, -0.25) is 4.79 Å². The van der Waals surface area contributed by atoms with Gasteiger partial charge in [0.1, 0.15) is 5.75 Å². The molecule has 28 heavy (non-hydrogen) atoms. The summed E-state index contributed by atoms with van der Waals surface area (Å²) in [5, 5.41) is 0. The van der Waals surface area contributed by atoms with E-state index >= 15 is 0 Å². The third-order valence-corrected chi connectivity index (χ3v) is 6.43. The standard InChI is InChI=1S/C22H16O5S/c1-13-9-14(2)11-16(10-13)27-22(24)15-7-8-18-20(12-15)28(25,26)19-6-4-3-5-17(19)21(18)23/h3-12H,1-2H3. The lowest BCUT2D eigenvalue weighted by molar-refractivity contribution is 0.0734. The lowest BCUT2D eigenvalue weighted by atomic mass is 10.0. The normalized spacial score (nSPS) is 14.1. The SMILES string of the molecule is Cc1cc(C)cc(OC(=O)c2ccc3c(c2)S(=O)(=O)c2ccccc2C3=O)c1. The van der Waals surface area contributed by atoms with Crippen LogP contribution >= 0.6 is 0 Å². The number of fused-ring (bicyclic) bond motifs is 2. The average molecular weight is 392 g/mol. The average Bonchev–Trinajstić information content (AvgIpc) is 2.65. The zero-order valence-electron chi connectivity index (χ0n) is 15.2. The largest absolute Gasteiger partial charge is 0.423 e. The molecule has 0 aliphatic carbocycles. The molecule has 0 aromatic heterocycles. The molecular weight excluding hydrogens is 376 g/mol. The Morgan fingerprint density at radius 1 is 0.821 bits per heavy atom. The van der Waals surface area contributed by atoms with Crippen LogP contribution in [0.3, 0.4) is 0 Å². The minimum Gasteiger partial charge on any atom is -0.423 e. The summed E-state index contributed by atoms with van der Waals surface area (Å²) < 4.78 is 31.3. The lowest BCUT2D eigenvalue weighted by Gasteiger charge is -2.19. The molecule has 0 unspecified atom stereocenters. The van der Waals surface area contributed by atoms with Crippen LogP contribution in [-0.4, -0.2) is 20.2 Å². The Bertz CT molecular complexity index is 1240. The van der Waals surface area contributed by atoms with Gasteiger partial charge in [-0.1, -0.05) is 18.2 Å². The molecule has 0 saturated carbocycles. The van der Waals surface area contributed by atoms with Crippen molar-refractivity contribution in [3.8, 4) is 5.75 Å². The molecule has 0 fully saturated rings. The summed E-state index contributed by atoms with van der Waals surface area (Å²) >= 11 is 0. The van der Waals surface area contributed by atoms with Crippen molar-refractivity contribution < 1.29 is 22.7 Å². The third kappa shape index (κ3) is 2.92. The molecule has 1 heterocycles. The highest BCUT2D eigenvalue weighted by Gasteiger charge is 2.35. The summed E-state index contributed by atoms with van der Waals surface area (Å²) in [7, 11) is -3.91. The molecule has 0 atom stereocenters. The Labute approximate surface area is 162 Å². The predicted octanol–water partition coefficient (Wildman–Crippen LogP) is 3.90. The van der Waals surface area contributed by atoms with Crippen LogP contribution in [0.1, 0.15) is 37.4 Å². The summed E-state index contributed by atoms with van der Waals surface area (Å²) in [5.74, 6) is -0.687. The van der Waals surface area contributed by atoms with E-state index in [1.807, 2.05) is 19.9 Å². The maximum Gasteiger partial charge on any atom is 0.343 e. The van der Waals surface area contributed by atoms with E-state index in [4.69, 9.17) is 4.74 Å². The molecule has 5 nitrogen and oxygen atoms in total. The van der Waals surface area contributed by atoms with E-state index in [0.29, 0.717) is 5.75 Å². The molecule has 1 aliphatic heterocycles. The molecule has 0 bridgehead atoms. The molecule has 1 aliphatic rings. The quantitative estimate of drug-likeness (QED) is 0.382. The third-order valence-electron chi connectivity index (χ3n) is 4.58. The van der Waals surface area contributed by atoms with Crippen LogP contribution in [0.4, 0.5) is 0 Å². The van der Waals surface area contributed by atoms with Crippen molar-refractivity contribution in [2.24, 2.45) is 0 Å². The van der Waals surface area contributed by atoms with Crippen molar-refractivity contribution in [3.63, 3.8) is 0 Å². The molecule has 4 rings (SSSR count). The minimum absolute atomic E-state index is 0.0488. The second kappa shape index (κ2) is 6.42. The minimum atomic E-state index is -3.91. The van der Waals surface area contributed by atoms with E-state index in [1.54, 1.807) is 24.3 Å². The van der Waals surface area contributed by atoms with Crippen molar-refractivity contribution in [1.29, 1.82) is 0 Å². The van der Waals surface area contributed by atoms with Gasteiger partial charge in [0.25, 0.3) is 0 Å². The van der Waals surface area contributed by atoms with Gasteiger partial charge in [0.2, 0.25) is 9.84 Å². The number of benzene rings is 3. The highest BCUT2D eigenvalue weighted by molar-refractivity contribution is 7.91. The van der Waals surface area contributed by atoms with Crippen LogP contribution in [0, 0.1) is 13.8 Å². The van der Waals surface area contributed by atoms with Crippen LogP contribution in [0.5, 0.6) is 5.75 Å². The van der Waals surface area contributed by atoms with Crippen molar-refractivity contribution >= 4 is 21.6 Å². The molecule has 0 radical (unpaired) electrons. The monoisotopic (exact) mass is 392 g/mol. The fourth-order valence-corrected chi connectivity index (χ4v) is 5.05. The molecule has 6 heteroatoms. The van der Waals surface area contributed by atoms with Gasteiger partial charge in [-0.05, 0) is 67.4 Å². The van der Waals surface area contributed by atoms with Crippen molar-refractivity contribution in [1.82, 2.24) is 0 Å². The summed E-state index contributed by atoms with van der Waals surface area (Å²) in [5.41, 5.74) is 2.15. The van der Waals surface area contributed by atoms with Gasteiger partial charge < -0.3 is 4.74 Å². The number of carbonyl (C=O) groups excluding carboxylic acids is 2. The van der Waals surface area contributed by atoms with Gasteiger partial charge in [0, 0.05) is 11.1 Å². The first-order valence-corrected chi connectivity index (χ1v) is 10.1. The van der Waals surface area contributed by atoms with Gasteiger partial charge in [-0.2, -0.15) is 0 Å². The number of aryl methyl sites for hydroxylation is 2. The summed E-state index contributed by atoms with van der Waals surface area (Å²) in [6.45, 7) is 3.78. The van der Waals surface area contributed by atoms with Crippen LogP contribution in [0.25, 0.3) is 0 Å². The van der Waals surface area contributed by atoms with E-state index in [9.17, 15) is 18.0 Å². The van der Waals surface area contributed by atoms with Crippen LogP contribution in [0.15, 0.2) is 70.5 Å². The van der Waals surface area contributed by atoms with E-state index in [1.165, 1.54) is 30.3 Å². The fourth-order valence-electron chi connectivity index (χ4n) is 3.37. The predicted molar refractivity (Wildman–Crippen MR) is 103 cm³/mol. The molecule has 0 spiro atoms. The van der Waals surface area contributed by atoms with Crippen LogP contribution < -0.4 is 4.74 Å². The van der Waals surface area contributed by atoms with Gasteiger partial charge in [0.15, 0.2) is 5.78 Å². The number of ketones is 1. The van der Waals surface area contributed by atoms with E-state index < -0.39 is 15.8 Å². The summed E-state index contributed by atoms with van der Waals surface area (Å²) in [4.78, 5) is 25.0. The number of hydrogen-bond acceptors (Lipinski definition) is 5. The molecule has 140 valence electrons. The van der Waals surface area contributed by atoms with Gasteiger partial charge in [-0.15, -0.1) is 0 Å². The van der Waals surface area contributed by atoms with Gasteiger partial charge >= 0.3 is 5.97 Å². The molecule has 0 amide bonds. The van der Waals surface area contributed by atoms with E-state index in [0.717, 1.165) is 11.1 Å². The van der Waals surface area contributed by atoms with Crippen molar-refractivity contribution in [2.45, 2.75) is 23.6 Å². The van der Waals surface area contributed by atoms with Crippen LogP contribution in [0.2, 0.25) is 0 Å². The molecule has 3 aromatic rings. The Kier molecular flexibility index (Phi) is 4.16. The summed E-state index contributed by atoms with van der Waals surface area (Å²) in [6.07, 6.45) is 0. The first-order chi connectivity index (χ1) is 13.3. The van der Waals surface area contributed by atoms with Gasteiger partial charge in [-0.25, -0.2) is 13.2 Å². The molecular formula is C22H16O5S. The number of esters is 1. The maximum atomic E-state index is 13.0. The number of carbonyl (C=O) groups is 2. The number of ether oxygens (including phenoxy) is 1. The highest BCUT2D eigenvalue weighted by Crippen LogP contribution is 2.35. The Balaban J connectivity index is 1.76. The van der Waals surface area contributed by atoms with Crippen molar-refractivity contribution in [3.05, 3.63) is 88.5 Å². The Hall–Kier alpha value is -3.25. The van der Waals surface area contributed by atoms with Crippen LogP contribution in [-0.2, 0) is 9.84 Å².